The van der Waals surface area contributed by atoms with Crippen LogP contribution < -0.4 is 10.6 Å². The summed E-state index contributed by atoms with van der Waals surface area (Å²) in [6.45, 7) is 1.93. The lowest BCUT2D eigenvalue weighted by Gasteiger charge is -2.15. The number of hydrogen-bond acceptors (Lipinski definition) is 5. The maximum Gasteiger partial charge on any atom is 0.298 e. The van der Waals surface area contributed by atoms with Gasteiger partial charge in [-0.2, -0.15) is 5.10 Å². The predicted molar refractivity (Wildman–Crippen MR) is 92.8 cm³/mol. The molecule has 0 spiro atoms. The lowest BCUT2D eigenvalue weighted by atomic mass is 10.1. The molecule has 0 amide bonds. The van der Waals surface area contributed by atoms with E-state index in [1.54, 1.807) is 29.8 Å². The molecule has 0 aliphatic heterocycles. The molecule has 0 fully saturated rings. The van der Waals surface area contributed by atoms with Crippen LogP contribution in [0.3, 0.4) is 0 Å². The molecule has 7 heteroatoms. The number of rotatable bonds is 2. The van der Waals surface area contributed by atoms with Crippen LogP contribution in [0, 0.1) is 6.92 Å². The summed E-state index contributed by atoms with van der Waals surface area (Å²) in [6, 6.07) is 11.8. The van der Waals surface area contributed by atoms with Gasteiger partial charge in [0, 0.05) is 20.3 Å². The molecule has 1 aromatic carbocycles. The average Bonchev–Trinajstić information content (AvgIpc) is 2.92. The van der Waals surface area contributed by atoms with Crippen LogP contribution in [0.5, 0.6) is 0 Å². The molecule has 120 valence electrons. The van der Waals surface area contributed by atoms with Gasteiger partial charge in [-0.25, -0.2) is 9.19 Å². The van der Waals surface area contributed by atoms with E-state index in [9.17, 15) is 4.79 Å². The molecule has 0 N–H and O–H groups in total. The molecule has 7 nitrogen and oxygen atoms in total. The van der Waals surface area contributed by atoms with Crippen molar-refractivity contribution in [1.82, 2.24) is 24.5 Å². The van der Waals surface area contributed by atoms with Crippen LogP contribution in [0.4, 0.5) is 0 Å². The molecule has 0 atom stereocenters. The van der Waals surface area contributed by atoms with Gasteiger partial charge in [0.25, 0.3) is 5.56 Å². The van der Waals surface area contributed by atoms with Crippen molar-refractivity contribution in [3.8, 4) is 11.1 Å². The van der Waals surface area contributed by atoms with Crippen molar-refractivity contribution in [2.24, 2.45) is 0 Å². The van der Waals surface area contributed by atoms with Gasteiger partial charge < -0.3 is 5.01 Å². The van der Waals surface area contributed by atoms with E-state index in [-0.39, 0.29) is 5.56 Å². The second-order valence-electron chi connectivity index (χ2n) is 5.81. The van der Waals surface area contributed by atoms with Gasteiger partial charge in [-0.15, -0.1) is 10.2 Å². The zero-order valence-electron chi connectivity index (χ0n) is 13.6. The van der Waals surface area contributed by atoms with Gasteiger partial charge >= 0.3 is 0 Å². The van der Waals surface area contributed by atoms with Crippen molar-refractivity contribution in [2.45, 2.75) is 6.92 Å². The van der Waals surface area contributed by atoms with E-state index in [2.05, 4.69) is 15.3 Å². The van der Waals surface area contributed by atoms with Crippen molar-refractivity contribution >= 4 is 16.7 Å². The van der Waals surface area contributed by atoms with Gasteiger partial charge in [0.15, 0.2) is 11.2 Å². The number of benzene rings is 1. The van der Waals surface area contributed by atoms with Crippen LogP contribution in [-0.4, -0.2) is 38.6 Å². The number of nitrogens with zero attached hydrogens (tertiary/aromatic N) is 6. The second kappa shape index (κ2) is 5.16. The third kappa shape index (κ3) is 1.98. The summed E-state index contributed by atoms with van der Waals surface area (Å²) in [5, 5.41) is 14.7. The summed E-state index contributed by atoms with van der Waals surface area (Å²) in [4.78, 5) is 12.6. The smallest absolute Gasteiger partial charge is 0.298 e. The van der Waals surface area contributed by atoms with E-state index in [1.807, 2.05) is 43.3 Å². The highest BCUT2D eigenvalue weighted by Crippen LogP contribution is 2.27. The minimum Gasteiger partial charge on any atom is -0.316 e. The molecule has 0 aliphatic rings. The number of aryl methyl sites for hydroxylation is 1. The van der Waals surface area contributed by atoms with E-state index in [4.69, 9.17) is 0 Å². The standard InChI is InChI=1S/C17H16N6O/c1-11-14(12-7-5-4-6-8-12)16-19-18-15-13(23(16)20-11)9-10-22(17(15)24)21(2)3/h4-10H,1-3H3. The Morgan fingerprint density at radius 1 is 1.04 bits per heavy atom. The normalized spacial score (nSPS) is 11.3. The van der Waals surface area contributed by atoms with Crippen molar-refractivity contribution in [3.63, 3.8) is 0 Å². The number of pyridine rings is 1. The van der Waals surface area contributed by atoms with Crippen LogP contribution in [-0.2, 0) is 0 Å². The number of hydrogen-bond donors (Lipinski definition) is 0. The number of aromatic nitrogens is 5. The first-order valence-corrected chi connectivity index (χ1v) is 7.58. The highest BCUT2D eigenvalue weighted by molar-refractivity contribution is 5.84. The summed E-state index contributed by atoms with van der Waals surface area (Å²) < 4.78 is 3.18. The molecule has 0 radical (unpaired) electrons. The Labute approximate surface area is 137 Å². The van der Waals surface area contributed by atoms with E-state index in [1.165, 1.54) is 4.68 Å². The van der Waals surface area contributed by atoms with E-state index in [0.717, 1.165) is 16.8 Å². The summed E-state index contributed by atoms with van der Waals surface area (Å²) in [6.07, 6.45) is 1.71. The molecule has 0 saturated carbocycles. The average molecular weight is 320 g/mol. The maximum atomic E-state index is 12.6. The maximum absolute atomic E-state index is 12.6. The molecule has 0 unspecified atom stereocenters. The Kier molecular flexibility index (Phi) is 3.09. The second-order valence-corrected chi connectivity index (χ2v) is 5.81. The lowest BCUT2D eigenvalue weighted by Crippen LogP contribution is -2.36. The summed E-state index contributed by atoms with van der Waals surface area (Å²) in [7, 11) is 3.59. The van der Waals surface area contributed by atoms with Crippen molar-refractivity contribution in [1.29, 1.82) is 0 Å². The Bertz CT molecular complexity index is 1110. The topological polar surface area (TPSA) is 68.3 Å². The van der Waals surface area contributed by atoms with Crippen LogP contribution in [0.15, 0.2) is 47.4 Å². The van der Waals surface area contributed by atoms with Crippen LogP contribution in [0.2, 0.25) is 0 Å². The first-order valence-electron chi connectivity index (χ1n) is 7.58. The fraction of sp³-hybridized carbons (Fsp3) is 0.176. The lowest BCUT2D eigenvalue weighted by molar-refractivity contribution is 0.702. The van der Waals surface area contributed by atoms with Gasteiger partial charge in [0.2, 0.25) is 0 Å². The minimum absolute atomic E-state index is 0.221. The van der Waals surface area contributed by atoms with Crippen molar-refractivity contribution < 1.29 is 0 Å². The first-order chi connectivity index (χ1) is 11.6. The number of fused-ring (bicyclic) bond motifs is 3. The van der Waals surface area contributed by atoms with Crippen LogP contribution in [0.1, 0.15) is 5.69 Å². The third-order valence-corrected chi connectivity index (χ3v) is 4.03. The summed E-state index contributed by atoms with van der Waals surface area (Å²) in [5.74, 6) is 0. The van der Waals surface area contributed by atoms with E-state index in [0.29, 0.717) is 16.7 Å². The van der Waals surface area contributed by atoms with Gasteiger partial charge in [0.1, 0.15) is 5.52 Å². The highest BCUT2D eigenvalue weighted by atomic mass is 16.1. The molecule has 0 aliphatic carbocycles. The van der Waals surface area contributed by atoms with Gasteiger partial charge in [-0.1, -0.05) is 30.3 Å². The first kappa shape index (κ1) is 14.4. The summed E-state index contributed by atoms with van der Waals surface area (Å²) in [5.41, 5.74) is 4.17. The van der Waals surface area contributed by atoms with Gasteiger partial charge in [-0.05, 0) is 18.6 Å². The van der Waals surface area contributed by atoms with Gasteiger partial charge in [-0.3, -0.25) is 4.79 Å². The Morgan fingerprint density at radius 3 is 2.50 bits per heavy atom. The molecule has 24 heavy (non-hydrogen) atoms. The molecule has 0 bridgehead atoms. The fourth-order valence-electron chi connectivity index (χ4n) is 2.90. The van der Waals surface area contributed by atoms with Crippen molar-refractivity contribution in [2.75, 3.05) is 19.1 Å². The van der Waals surface area contributed by atoms with Crippen LogP contribution >= 0.6 is 0 Å². The SMILES string of the molecule is Cc1nn2c(nnc3c(=O)n(N(C)C)ccc32)c1-c1ccccc1. The minimum atomic E-state index is -0.221. The third-order valence-electron chi connectivity index (χ3n) is 4.03. The Balaban J connectivity index is 2.08. The predicted octanol–water partition coefficient (Wildman–Crippen LogP) is 1.61. The molecular formula is C17H16N6O. The zero-order chi connectivity index (χ0) is 16.8. The zero-order valence-corrected chi connectivity index (χ0v) is 13.6. The Hall–Kier alpha value is -3.22. The van der Waals surface area contributed by atoms with Gasteiger partial charge in [0.05, 0.1) is 11.3 Å². The highest BCUT2D eigenvalue weighted by Gasteiger charge is 2.17. The van der Waals surface area contributed by atoms with Crippen LogP contribution in [0.25, 0.3) is 27.8 Å². The quantitative estimate of drug-likeness (QED) is 0.561. The monoisotopic (exact) mass is 320 g/mol. The summed E-state index contributed by atoms with van der Waals surface area (Å²) >= 11 is 0. The molecular weight excluding hydrogens is 304 g/mol. The Morgan fingerprint density at radius 2 is 1.79 bits per heavy atom. The molecule has 3 heterocycles. The molecule has 3 aromatic heterocycles. The largest absolute Gasteiger partial charge is 0.316 e. The molecule has 0 saturated heterocycles. The van der Waals surface area contributed by atoms with E-state index >= 15 is 0 Å². The molecule has 4 aromatic rings. The van der Waals surface area contributed by atoms with Crippen molar-refractivity contribution in [3.05, 3.63) is 58.6 Å². The molecule has 4 rings (SSSR count). The fourth-order valence-corrected chi connectivity index (χ4v) is 2.90. The van der Waals surface area contributed by atoms with E-state index < -0.39 is 0 Å².